The van der Waals surface area contributed by atoms with Crippen molar-refractivity contribution in [3.63, 3.8) is 0 Å². The molecule has 1 saturated carbocycles. The maximum Gasteiger partial charge on any atom is 0.329 e. The molecule has 1 aliphatic rings. The first-order valence-corrected chi connectivity index (χ1v) is 8.42. The zero-order valence-electron chi connectivity index (χ0n) is 14.1. The van der Waals surface area contributed by atoms with Gasteiger partial charge in [0.15, 0.2) is 0 Å². The number of carbonyl (C=O) groups excluding carboxylic acids is 1. The predicted octanol–water partition coefficient (Wildman–Crippen LogP) is 2.28. The van der Waals surface area contributed by atoms with Crippen LogP contribution in [0, 0.1) is 11.8 Å². The van der Waals surface area contributed by atoms with E-state index >= 15 is 0 Å². The molecule has 1 aromatic carbocycles. The Bertz CT molecular complexity index is 774. The molecule has 23 heavy (non-hydrogen) atoms. The standard InChI is InChI=1S/C18H25N3O2/c1-12-7-6-8-14(13(12)2)19-17(22)11-21-16-10-5-4-9-15(16)20(3)18(21)23/h4-5,9-10,12-14H,6-8,11H2,1-3H3,(H,19,22). The van der Waals surface area contributed by atoms with E-state index in [4.69, 9.17) is 0 Å². The highest BCUT2D eigenvalue weighted by atomic mass is 16.2. The van der Waals surface area contributed by atoms with Crippen molar-refractivity contribution in [2.45, 2.75) is 45.7 Å². The van der Waals surface area contributed by atoms with Crippen molar-refractivity contribution in [1.82, 2.24) is 14.5 Å². The van der Waals surface area contributed by atoms with Gasteiger partial charge in [0.25, 0.3) is 0 Å². The second-order valence-electron chi connectivity index (χ2n) is 6.86. The van der Waals surface area contributed by atoms with Crippen LogP contribution in [0.5, 0.6) is 0 Å². The van der Waals surface area contributed by atoms with E-state index in [9.17, 15) is 9.59 Å². The SMILES string of the molecule is CC1CCCC(NC(=O)Cn2c(=O)n(C)c3ccccc32)C1C. The number of rotatable bonds is 3. The van der Waals surface area contributed by atoms with Crippen molar-refractivity contribution in [2.75, 3.05) is 0 Å². The number of aryl methyl sites for hydroxylation is 1. The molecule has 1 fully saturated rings. The minimum Gasteiger partial charge on any atom is -0.352 e. The summed E-state index contributed by atoms with van der Waals surface area (Å²) in [7, 11) is 1.74. The molecule has 0 aliphatic heterocycles. The van der Waals surface area contributed by atoms with Gasteiger partial charge in [-0.1, -0.05) is 38.8 Å². The van der Waals surface area contributed by atoms with Crippen molar-refractivity contribution >= 4 is 16.9 Å². The van der Waals surface area contributed by atoms with Crippen LogP contribution in [0.15, 0.2) is 29.1 Å². The molecule has 1 N–H and O–H groups in total. The maximum atomic E-state index is 12.5. The smallest absolute Gasteiger partial charge is 0.329 e. The van der Waals surface area contributed by atoms with Crippen LogP contribution in [0.3, 0.4) is 0 Å². The molecule has 0 bridgehead atoms. The Morgan fingerprint density at radius 2 is 1.91 bits per heavy atom. The fraction of sp³-hybridized carbons (Fsp3) is 0.556. The van der Waals surface area contributed by atoms with Crippen LogP contribution in [-0.4, -0.2) is 21.1 Å². The van der Waals surface area contributed by atoms with E-state index in [0.717, 1.165) is 23.9 Å². The van der Waals surface area contributed by atoms with Gasteiger partial charge in [0.05, 0.1) is 11.0 Å². The van der Waals surface area contributed by atoms with Crippen LogP contribution in [0.2, 0.25) is 0 Å². The first kappa shape index (κ1) is 15.8. The third kappa shape index (κ3) is 2.92. The van der Waals surface area contributed by atoms with Gasteiger partial charge in [0.1, 0.15) is 6.54 Å². The van der Waals surface area contributed by atoms with E-state index in [0.29, 0.717) is 11.8 Å². The molecule has 3 atom stereocenters. The molecule has 2 aromatic rings. The molecule has 0 saturated heterocycles. The topological polar surface area (TPSA) is 56.0 Å². The van der Waals surface area contributed by atoms with E-state index in [1.54, 1.807) is 16.2 Å². The zero-order chi connectivity index (χ0) is 16.6. The number of para-hydroxylation sites is 2. The number of nitrogens with zero attached hydrogens (tertiary/aromatic N) is 2. The average molecular weight is 315 g/mol. The average Bonchev–Trinajstić information content (AvgIpc) is 2.77. The predicted molar refractivity (Wildman–Crippen MR) is 91.3 cm³/mol. The van der Waals surface area contributed by atoms with Crippen molar-refractivity contribution in [1.29, 1.82) is 0 Å². The summed E-state index contributed by atoms with van der Waals surface area (Å²) in [6.07, 6.45) is 3.42. The van der Waals surface area contributed by atoms with Crippen LogP contribution in [0.25, 0.3) is 11.0 Å². The number of benzene rings is 1. The molecule has 1 aromatic heterocycles. The molecule has 0 spiro atoms. The monoisotopic (exact) mass is 315 g/mol. The summed E-state index contributed by atoms with van der Waals surface area (Å²) >= 11 is 0. The molecule has 124 valence electrons. The summed E-state index contributed by atoms with van der Waals surface area (Å²) in [5.41, 5.74) is 1.51. The highest BCUT2D eigenvalue weighted by molar-refractivity contribution is 5.81. The van der Waals surface area contributed by atoms with Gasteiger partial charge in [0, 0.05) is 13.1 Å². The summed E-state index contributed by atoms with van der Waals surface area (Å²) in [5, 5.41) is 3.14. The fourth-order valence-corrected chi connectivity index (χ4v) is 3.70. The number of fused-ring (bicyclic) bond motifs is 1. The summed E-state index contributed by atoms with van der Waals surface area (Å²) in [6.45, 7) is 4.54. The van der Waals surface area contributed by atoms with Crippen molar-refractivity contribution in [3.8, 4) is 0 Å². The Morgan fingerprint density at radius 3 is 2.65 bits per heavy atom. The van der Waals surface area contributed by atoms with Gasteiger partial charge in [-0.05, 0) is 30.4 Å². The van der Waals surface area contributed by atoms with Crippen molar-refractivity contribution in [3.05, 3.63) is 34.7 Å². The molecule has 5 heteroatoms. The highest BCUT2D eigenvalue weighted by Gasteiger charge is 2.28. The van der Waals surface area contributed by atoms with Gasteiger partial charge in [-0.3, -0.25) is 13.9 Å². The van der Waals surface area contributed by atoms with Gasteiger partial charge in [-0.25, -0.2) is 4.79 Å². The van der Waals surface area contributed by atoms with Gasteiger partial charge in [-0.15, -0.1) is 0 Å². The first-order chi connectivity index (χ1) is 11.0. The molecular formula is C18H25N3O2. The zero-order valence-corrected chi connectivity index (χ0v) is 14.1. The largest absolute Gasteiger partial charge is 0.352 e. The van der Waals surface area contributed by atoms with Gasteiger partial charge >= 0.3 is 5.69 Å². The minimum atomic E-state index is -0.147. The fourth-order valence-electron chi connectivity index (χ4n) is 3.70. The highest BCUT2D eigenvalue weighted by Crippen LogP contribution is 2.29. The lowest BCUT2D eigenvalue weighted by Crippen LogP contribution is -2.45. The first-order valence-electron chi connectivity index (χ1n) is 8.42. The number of amides is 1. The molecule has 1 aliphatic carbocycles. The third-order valence-electron chi connectivity index (χ3n) is 5.41. The Morgan fingerprint density at radius 1 is 1.22 bits per heavy atom. The number of nitrogens with one attached hydrogen (secondary N) is 1. The summed E-state index contributed by atoms with van der Waals surface area (Å²) in [6, 6.07) is 7.79. The van der Waals surface area contributed by atoms with Crippen LogP contribution in [0.1, 0.15) is 33.1 Å². The van der Waals surface area contributed by atoms with Crippen molar-refractivity contribution in [2.24, 2.45) is 18.9 Å². The second kappa shape index (κ2) is 6.22. The summed E-state index contributed by atoms with van der Waals surface area (Å²) < 4.78 is 3.15. The molecule has 3 unspecified atom stereocenters. The second-order valence-corrected chi connectivity index (χ2v) is 6.86. The van der Waals surface area contributed by atoms with Crippen LogP contribution in [-0.2, 0) is 18.4 Å². The Labute approximate surface area is 136 Å². The normalized spacial score (nSPS) is 24.7. The van der Waals surface area contributed by atoms with E-state index in [1.165, 1.54) is 6.42 Å². The molecule has 0 radical (unpaired) electrons. The van der Waals surface area contributed by atoms with Gasteiger partial charge in [-0.2, -0.15) is 0 Å². The number of aromatic nitrogens is 2. The Balaban J connectivity index is 1.78. The number of hydrogen-bond donors (Lipinski definition) is 1. The van der Waals surface area contributed by atoms with E-state index < -0.39 is 0 Å². The van der Waals surface area contributed by atoms with Gasteiger partial charge in [0.2, 0.25) is 5.91 Å². The minimum absolute atomic E-state index is 0.0746. The summed E-state index contributed by atoms with van der Waals surface area (Å²) in [4.78, 5) is 24.8. The Kier molecular flexibility index (Phi) is 4.28. The lowest BCUT2D eigenvalue weighted by Gasteiger charge is -2.34. The van der Waals surface area contributed by atoms with E-state index in [2.05, 4.69) is 19.2 Å². The number of carbonyl (C=O) groups is 1. The van der Waals surface area contributed by atoms with Crippen LogP contribution in [0.4, 0.5) is 0 Å². The van der Waals surface area contributed by atoms with E-state index in [1.807, 2.05) is 24.3 Å². The molecular weight excluding hydrogens is 290 g/mol. The number of imidazole rings is 1. The molecule has 1 heterocycles. The third-order valence-corrected chi connectivity index (χ3v) is 5.41. The lowest BCUT2D eigenvalue weighted by atomic mass is 9.78. The van der Waals surface area contributed by atoms with Crippen LogP contribution >= 0.6 is 0 Å². The molecule has 1 amide bonds. The van der Waals surface area contributed by atoms with Crippen LogP contribution < -0.4 is 11.0 Å². The molecule has 3 rings (SSSR count). The number of hydrogen-bond acceptors (Lipinski definition) is 2. The Hall–Kier alpha value is -2.04. The quantitative estimate of drug-likeness (QED) is 0.945. The van der Waals surface area contributed by atoms with E-state index in [-0.39, 0.29) is 24.2 Å². The van der Waals surface area contributed by atoms with Gasteiger partial charge < -0.3 is 5.32 Å². The maximum absolute atomic E-state index is 12.5. The summed E-state index contributed by atoms with van der Waals surface area (Å²) in [5.74, 6) is 1.04. The lowest BCUT2D eigenvalue weighted by molar-refractivity contribution is -0.123. The molecule has 5 nitrogen and oxygen atoms in total. The van der Waals surface area contributed by atoms with Crippen molar-refractivity contribution < 1.29 is 4.79 Å².